The van der Waals surface area contributed by atoms with Crippen LogP contribution in [0.5, 0.6) is 0 Å². The largest absolute Gasteiger partial charge is 0.278 e. The van der Waals surface area contributed by atoms with Crippen molar-refractivity contribution in [2.45, 2.75) is 0 Å². The minimum absolute atomic E-state index is 0.550. The van der Waals surface area contributed by atoms with Gasteiger partial charge < -0.3 is 0 Å². The molecule has 0 saturated heterocycles. The predicted octanol–water partition coefficient (Wildman–Crippen LogP) is 10.8. The maximum Gasteiger partial charge on any atom is 0.240 e. The summed E-state index contributed by atoms with van der Waals surface area (Å²) in [5.74, 6) is 1.71. The number of aromatic nitrogens is 5. The first kappa shape index (κ1) is 36.6. The van der Waals surface area contributed by atoms with Crippen LogP contribution in [0, 0.1) is 0 Å². The third kappa shape index (κ3) is 5.80. The molecule has 12 rings (SSSR count). The molecule has 0 N–H and O–H groups in total. The van der Waals surface area contributed by atoms with Crippen LogP contribution in [0.1, 0.15) is 0 Å². The van der Waals surface area contributed by atoms with Gasteiger partial charge in [-0.15, -0.1) is 0 Å². The van der Waals surface area contributed by atoms with Crippen molar-refractivity contribution in [1.82, 2.24) is 24.1 Å². The van der Waals surface area contributed by atoms with Crippen LogP contribution in [0.25, 0.3) is 78.0 Å². The van der Waals surface area contributed by atoms with E-state index >= 15 is 0 Å². The molecule has 296 valence electrons. The number of hydrogen-bond donors (Lipinski definition) is 0. The maximum absolute atomic E-state index is 5.71. The van der Waals surface area contributed by atoms with Crippen molar-refractivity contribution in [3.63, 3.8) is 0 Å². The third-order valence-electron chi connectivity index (χ3n) is 12.6. The second kappa shape index (κ2) is 15.1. The van der Waals surface area contributed by atoms with E-state index in [9.17, 15) is 0 Å². The Kier molecular flexibility index (Phi) is 8.76. The fourth-order valence-electron chi connectivity index (χ4n) is 9.94. The van der Waals surface area contributed by atoms with Gasteiger partial charge in [-0.1, -0.05) is 212 Å². The monoisotopic (exact) mass is 821 g/mol. The van der Waals surface area contributed by atoms with Crippen LogP contribution in [-0.2, 0) is 0 Å². The van der Waals surface area contributed by atoms with Gasteiger partial charge in [0.1, 0.15) is 0 Å². The van der Waals surface area contributed by atoms with Gasteiger partial charge in [-0.2, -0.15) is 15.0 Å². The molecular formula is C57H39N5Si. The van der Waals surface area contributed by atoms with Crippen LogP contribution in [0.3, 0.4) is 0 Å². The fourth-order valence-corrected chi connectivity index (χ4v) is 14.9. The van der Waals surface area contributed by atoms with Gasteiger partial charge in [-0.3, -0.25) is 9.13 Å². The highest BCUT2D eigenvalue weighted by Crippen LogP contribution is 2.36. The summed E-state index contributed by atoms with van der Waals surface area (Å²) in [5.41, 5.74) is 7.25. The van der Waals surface area contributed by atoms with Crippen molar-refractivity contribution in [3.05, 3.63) is 237 Å². The lowest BCUT2D eigenvalue weighted by Crippen LogP contribution is -2.75. The molecule has 0 bridgehead atoms. The van der Waals surface area contributed by atoms with Crippen molar-refractivity contribution >= 4 is 72.4 Å². The Bertz CT molecular complexity index is 3280. The molecule has 3 heterocycles. The van der Waals surface area contributed by atoms with E-state index in [4.69, 9.17) is 15.0 Å². The van der Waals surface area contributed by atoms with Gasteiger partial charge in [0.2, 0.25) is 11.9 Å². The van der Waals surface area contributed by atoms with Crippen molar-refractivity contribution in [1.29, 1.82) is 0 Å². The average Bonchev–Trinajstić information content (AvgIpc) is 3.89. The molecule has 63 heavy (non-hydrogen) atoms. The lowest BCUT2D eigenvalue weighted by Gasteiger charge is -2.36. The SMILES string of the molecule is c1ccc(-c2cccc([Si](c3ccccc3)(c3ccccc3)c3ccccc3)c2-c2nc(-n3c4ccccc4c4ccccc43)nc(-n3c4ccccc4c4ccccc43)n2)cc1. The molecule has 3 aromatic heterocycles. The zero-order chi connectivity index (χ0) is 41.7. The number of fused-ring (bicyclic) bond motifs is 6. The van der Waals surface area contributed by atoms with E-state index in [2.05, 4.69) is 246 Å². The van der Waals surface area contributed by atoms with Crippen molar-refractivity contribution in [2.75, 3.05) is 0 Å². The Balaban J connectivity index is 1.28. The Labute approximate surface area is 365 Å². The Morgan fingerprint density at radius 1 is 0.302 bits per heavy atom. The summed E-state index contributed by atoms with van der Waals surface area (Å²) in [5, 5.41) is 9.57. The molecular weight excluding hydrogens is 783 g/mol. The van der Waals surface area contributed by atoms with Crippen LogP contribution in [0.2, 0.25) is 0 Å². The van der Waals surface area contributed by atoms with E-state index in [-0.39, 0.29) is 0 Å². The molecule has 0 aliphatic heterocycles. The number of nitrogens with zero attached hydrogens (tertiary/aromatic N) is 5. The second-order valence-electron chi connectivity index (χ2n) is 15.9. The van der Waals surface area contributed by atoms with Crippen molar-refractivity contribution in [2.24, 2.45) is 0 Å². The second-order valence-corrected chi connectivity index (χ2v) is 19.7. The highest BCUT2D eigenvalue weighted by atomic mass is 28.3. The molecule has 9 aromatic carbocycles. The van der Waals surface area contributed by atoms with E-state index in [0.29, 0.717) is 17.7 Å². The number of benzene rings is 9. The van der Waals surface area contributed by atoms with E-state index in [1.54, 1.807) is 0 Å². The number of hydrogen-bond acceptors (Lipinski definition) is 3. The van der Waals surface area contributed by atoms with Crippen LogP contribution in [-0.4, -0.2) is 32.2 Å². The minimum atomic E-state index is -3.15. The third-order valence-corrected chi connectivity index (χ3v) is 17.4. The summed E-state index contributed by atoms with van der Waals surface area (Å²) in [6, 6.07) is 84.9. The lowest BCUT2D eigenvalue weighted by molar-refractivity contribution is 0.893. The van der Waals surface area contributed by atoms with Crippen molar-refractivity contribution in [3.8, 4) is 34.4 Å². The van der Waals surface area contributed by atoms with Crippen LogP contribution in [0.4, 0.5) is 0 Å². The Morgan fingerprint density at radius 2 is 0.651 bits per heavy atom. The first-order valence-corrected chi connectivity index (χ1v) is 23.4. The molecule has 0 unspecified atom stereocenters. The molecule has 0 spiro atoms. The van der Waals surface area contributed by atoms with Gasteiger partial charge in [0.15, 0.2) is 13.9 Å². The van der Waals surface area contributed by atoms with E-state index in [1.807, 2.05) is 0 Å². The molecule has 0 fully saturated rings. The molecule has 0 aliphatic carbocycles. The summed E-state index contributed by atoms with van der Waals surface area (Å²) < 4.78 is 4.43. The first-order chi connectivity index (χ1) is 31.3. The molecule has 6 heteroatoms. The molecule has 5 nitrogen and oxygen atoms in total. The highest BCUT2D eigenvalue weighted by Gasteiger charge is 2.44. The Hall–Kier alpha value is -8.19. The molecule has 0 saturated carbocycles. The standard InChI is InChI=1S/C57H39N5Si/c1-5-22-40(23-6-1)44-34-21-39-53(63(41-24-7-2-8-25-41,42-26-9-3-10-27-42)43-28-11-4-12-29-43)54(44)55-58-56(61-49-35-17-13-30-45(49)46-31-14-18-36-50(46)61)60-57(59-55)62-51-37-19-15-32-47(51)48-33-16-20-38-52(48)62/h1-39H. The minimum Gasteiger partial charge on any atom is -0.278 e. The zero-order valence-electron chi connectivity index (χ0n) is 34.3. The van der Waals surface area contributed by atoms with Crippen LogP contribution in [0.15, 0.2) is 237 Å². The summed E-state index contributed by atoms with van der Waals surface area (Å²) >= 11 is 0. The number of rotatable bonds is 8. The molecule has 0 aliphatic rings. The van der Waals surface area contributed by atoms with Gasteiger partial charge in [0.05, 0.1) is 22.1 Å². The summed E-state index contributed by atoms with van der Waals surface area (Å²) in [6.07, 6.45) is 0. The quantitative estimate of drug-likeness (QED) is 0.113. The normalized spacial score (nSPS) is 11.8. The van der Waals surface area contributed by atoms with E-state index < -0.39 is 8.07 Å². The van der Waals surface area contributed by atoms with E-state index in [0.717, 1.165) is 60.3 Å². The molecule has 0 amide bonds. The van der Waals surface area contributed by atoms with Gasteiger partial charge in [0, 0.05) is 27.1 Å². The molecule has 0 radical (unpaired) electrons. The predicted molar refractivity (Wildman–Crippen MR) is 263 cm³/mol. The summed E-state index contributed by atoms with van der Waals surface area (Å²) in [4.78, 5) is 16.9. The highest BCUT2D eigenvalue weighted by molar-refractivity contribution is 7.20. The lowest BCUT2D eigenvalue weighted by atomic mass is 9.99. The zero-order valence-corrected chi connectivity index (χ0v) is 35.3. The van der Waals surface area contributed by atoms with E-state index in [1.165, 1.54) is 20.7 Å². The van der Waals surface area contributed by atoms with Gasteiger partial charge in [0.25, 0.3) is 0 Å². The average molecular weight is 822 g/mol. The topological polar surface area (TPSA) is 48.5 Å². The maximum atomic E-state index is 5.71. The van der Waals surface area contributed by atoms with Gasteiger partial charge in [-0.25, -0.2) is 0 Å². The van der Waals surface area contributed by atoms with Gasteiger partial charge in [-0.05, 0) is 56.1 Å². The number of para-hydroxylation sites is 4. The van der Waals surface area contributed by atoms with Crippen molar-refractivity contribution < 1.29 is 0 Å². The summed E-state index contributed by atoms with van der Waals surface area (Å²) in [7, 11) is -3.15. The van der Waals surface area contributed by atoms with Gasteiger partial charge >= 0.3 is 0 Å². The Morgan fingerprint density at radius 3 is 1.05 bits per heavy atom. The first-order valence-electron chi connectivity index (χ1n) is 21.4. The molecule has 12 aromatic rings. The van der Waals surface area contributed by atoms with Crippen LogP contribution < -0.4 is 20.7 Å². The summed E-state index contributed by atoms with van der Waals surface area (Å²) in [6.45, 7) is 0. The fraction of sp³-hybridized carbons (Fsp3) is 0. The smallest absolute Gasteiger partial charge is 0.240 e. The molecule has 0 atom stereocenters. The van der Waals surface area contributed by atoms with Crippen LogP contribution >= 0.6 is 0 Å².